The number of rotatable bonds is 3. The minimum absolute atomic E-state index is 0.0449. The maximum atomic E-state index is 13.1. The van der Waals surface area contributed by atoms with Gasteiger partial charge in [0, 0.05) is 24.6 Å². The summed E-state index contributed by atoms with van der Waals surface area (Å²) >= 11 is 0. The predicted octanol–water partition coefficient (Wildman–Crippen LogP) is 4.07. The molecule has 4 heteroatoms. The second-order valence-corrected chi connectivity index (χ2v) is 8.05. The topological polar surface area (TPSA) is 60.8 Å². The van der Waals surface area contributed by atoms with E-state index in [-0.39, 0.29) is 17.6 Å². The Bertz CT molecular complexity index is 832. The van der Waals surface area contributed by atoms with E-state index in [4.69, 9.17) is 0 Å². The first kappa shape index (κ1) is 18.1. The van der Waals surface area contributed by atoms with Crippen molar-refractivity contribution < 1.29 is 15.0 Å². The molecule has 1 aliphatic carbocycles. The van der Waals surface area contributed by atoms with Crippen molar-refractivity contribution in [3.8, 4) is 16.9 Å². The van der Waals surface area contributed by atoms with Crippen molar-refractivity contribution in [2.24, 2.45) is 11.8 Å². The van der Waals surface area contributed by atoms with Gasteiger partial charge in [-0.3, -0.25) is 4.79 Å². The Morgan fingerprint density at radius 3 is 2.67 bits per heavy atom. The Morgan fingerprint density at radius 2 is 1.93 bits per heavy atom. The Labute approximate surface area is 160 Å². The highest BCUT2D eigenvalue weighted by atomic mass is 16.3. The lowest BCUT2D eigenvalue weighted by Gasteiger charge is -2.40. The molecular weight excluding hydrogens is 338 g/mol. The molecule has 142 valence electrons. The van der Waals surface area contributed by atoms with Gasteiger partial charge in [-0.05, 0) is 60.6 Å². The zero-order valence-corrected chi connectivity index (χ0v) is 15.8. The van der Waals surface area contributed by atoms with Crippen molar-refractivity contribution in [3.05, 3.63) is 54.1 Å². The van der Waals surface area contributed by atoms with Gasteiger partial charge in [-0.2, -0.15) is 0 Å². The number of likely N-dealkylation sites (tertiary alicyclic amines) is 1. The first-order chi connectivity index (χ1) is 13.0. The second-order valence-electron chi connectivity index (χ2n) is 8.05. The van der Waals surface area contributed by atoms with E-state index in [1.807, 2.05) is 48.2 Å². The third kappa shape index (κ3) is 3.34. The van der Waals surface area contributed by atoms with Crippen molar-refractivity contribution in [3.63, 3.8) is 0 Å². The average molecular weight is 365 g/mol. The van der Waals surface area contributed by atoms with Crippen LogP contribution >= 0.6 is 0 Å². The summed E-state index contributed by atoms with van der Waals surface area (Å²) in [6.07, 6.45) is 3.75. The van der Waals surface area contributed by atoms with Crippen LogP contribution in [-0.2, 0) is 0 Å². The second kappa shape index (κ2) is 7.01. The van der Waals surface area contributed by atoms with Gasteiger partial charge in [0.25, 0.3) is 5.91 Å². The third-order valence-electron chi connectivity index (χ3n) is 6.53. The molecule has 0 aromatic heterocycles. The number of fused-ring (bicyclic) bond motifs is 1. The lowest BCUT2D eigenvalue weighted by Crippen LogP contribution is -2.44. The van der Waals surface area contributed by atoms with Crippen molar-refractivity contribution in [2.45, 2.75) is 38.2 Å². The minimum atomic E-state index is -0.619. The number of carbonyl (C=O) groups is 1. The lowest BCUT2D eigenvalue weighted by atomic mass is 9.69. The number of amides is 1. The summed E-state index contributed by atoms with van der Waals surface area (Å²) in [6.45, 7) is 3.44. The fourth-order valence-corrected chi connectivity index (χ4v) is 4.90. The van der Waals surface area contributed by atoms with Crippen LogP contribution in [0, 0.1) is 11.8 Å². The molecule has 1 aliphatic heterocycles. The molecule has 27 heavy (non-hydrogen) atoms. The van der Waals surface area contributed by atoms with Gasteiger partial charge in [0.2, 0.25) is 0 Å². The molecule has 2 aromatic carbocycles. The maximum absolute atomic E-state index is 13.1. The molecule has 4 nitrogen and oxygen atoms in total. The summed E-state index contributed by atoms with van der Waals surface area (Å²) < 4.78 is 0. The predicted molar refractivity (Wildman–Crippen MR) is 106 cm³/mol. The molecule has 2 N–H and O–H groups in total. The molecule has 1 heterocycles. The number of carbonyl (C=O) groups excluding carboxylic acids is 1. The van der Waals surface area contributed by atoms with Gasteiger partial charge >= 0.3 is 0 Å². The molecule has 0 spiro atoms. The van der Waals surface area contributed by atoms with Gasteiger partial charge < -0.3 is 15.1 Å². The third-order valence-corrected chi connectivity index (χ3v) is 6.53. The highest BCUT2D eigenvalue weighted by Crippen LogP contribution is 2.44. The van der Waals surface area contributed by atoms with Crippen molar-refractivity contribution >= 4 is 5.91 Å². The maximum Gasteiger partial charge on any atom is 0.253 e. The first-order valence-corrected chi connectivity index (χ1v) is 9.91. The number of phenols is 1. The molecule has 4 rings (SSSR count). The van der Waals surface area contributed by atoms with E-state index in [0.29, 0.717) is 18.0 Å². The Kier molecular flexibility index (Phi) is 4.68. The van der Waals surface area contributed by atoms with E-state index in [0.717, 1.165) is 43.4 Å². The van der Waals surface area contributed by atoms with E-state index in [9.17, 15) is 15.0 Å². The molecule has 0 radical (unpaired) electrons. The van der Waals surface area contributed by atoms with Gasteiger partial charge in [0.05, 0.1) is 5.60 Å². The van der Waals surface area contributed by atoms with E-state index in [1.165, 1.54) is 0 Å². The van der Waals surface area contributed by atoms with Crippen LogP contribution in [0.5, 0.6) is 5.75 Å². The summed E-state index contributed by atoms with van der Waals surface area (Å²) in [7, 11) is 0. The highest BCUT2D eigenvalue weighted by molar-refractivity contribution is 5.95. The standard InChI is InChI=1S/C23H27NO3/c1-2-23(27)12-4-7-19-14-24(15-21(19)23)22(26)18-6-3-5-17(13-18)16-8-10-20(25)11-9-16/h3,5-6,8-11,13,19,21,25,27H,2,4,7,12,14-15H2,1H3/t19-,21+,23-/m0/s1. The van der Waals surface area contributed by atoms with Crippen LogP contribution in [0.15, 0.2) is 48.5 Å². The fraction of sp³-hybridized carbons (Fsp3) is 0.435. The van der Waals surface area contributed by atoms with Gasteiger partial charge in [-0.25, -0.2) is 0 Å². The number of hydrogen-bond acceptors (Lipinski definition) is 3. The molecule has 1 saturated heterocycles. The zero-order valence-electron chi connectivity index (χ0n) is 15.8. The molecule has 0 bridgehead atoms. The smallest absolute Gasteiger partial charge is 0.253 e. The van der Waals surface area contributed by atoms with Crippen LogP contribution < -0.4 is 0 Å². The van der Waals surface area contributed by atoms with Crippen LogP contribution in [0.3, 0.4) is 0 Å². The highest BCUT2D eigenvalue weighted by Gasteiger charge is 2.48. The van der Waals surface area contributed by atoms with E-state index < -0.39 is 5.60 Å². The van der Waals surface area contributed by atoms with Crippen LogP contribution in [0.25, 0.3) is 11.1 Å². The van der Waals surface area contributed by atoms with Crippen LogP contribution in [0.2, 0.25) is 0 Å². The molecule has 2 aliphatic rings. The van der Waals surface area contributed by atoms with Crippen LogP contribution in [-0.4, -0.2) is 39.7 Å². The zero-order chi connectivity index (χ0) is 19.0. The Morgan fingerprint density at radius 1 is 1.15 bits per heavy atom. The summed E-state index contributed by atoms with van der Waals surface area (Å²) in [4.78, 5) is 15.1. The van der Waals surface area contributed by atoms with E-state index in [2.05, 4.69) is 0 Å². The largest absolute Gasteiger partial charge is 0.508 e. The number of phenolic OH excluding ortho intramolecular Hbond substituents is 1. The number of benzene rings is 2. The molecule has 1 amide bonds. The van der Waals surface area contributed by atoms with Crippen molar-refractivity contribution in [1.82, 2.24) is 4.90 Å². The SMILES string of the molecule is CC[C@]1(O)CCC[C@H]2CN(C(=O)c3cccc(-c4ccc(O)cc4)c3)C[C@H]21. The summed E-state index contributed by atoms with van der Waals surface area (Å²) in [5.74, 6) is 0.881. The number of aromatic hydroxyl groups is 1. The van der Waals surface area contributed by atoms with Crippen LogP contribution in [0.1, 0.15) is 43.0 Å². The minimum Gasteiger partial charge on any atom is -0.508 e. The van der Waals surface area contributed by atoms with Gasteiger partial charge in [-0.15, -0.1) is 0 Å². The van der Waals surface area contributed by atoms with E-state index in [1.54, 1.807) is 12.1 Å². The van der Waals surface area contributed by atoms with Crippen molar-refractivity contribution in [1.29, 1.82) is 0 Å². The molecule has 2 aromatic rings. The molecular formula is C23H27NO3. The summed E-state index contributed by atoms with van der Waals surface area (Å²) in [5.41, 5.74) is 1.99. The molecule has 0 unspecified atom stereocenters. The summed E-state index contributed by atoms with van der Waals surface area (Å²) in [5, 5.41) is 20.4. The first-order valence-electron chi connectivity index (χ1n) is 9.91. The van der Waals surface area contributed by atoms with Crippen molar-refractivity contribution in [2.75, 3.05) is 13.1 Å². The number of aliphatic hydroxyl groups is 1. The summed E-state index contributed by atoms with van der Waals surface area (Å²) in [6, 6.07) is 14.7. The van der Waals surface area contributed by atoms with E-state index >= 15 is 0 Å². The Balaban J connectivity index is 1.55. The average Bonchev–Trinajstić information content (AvgIpc) is 3.14. The monoisotopic (exact) mass is 365 g/mol. The number of nitrogens with zero attached hydrogens (tertiary/aromatic N) is 1. The molecule has 2 fully saturated rings. The van der Waals surface area contributed by atoms with Crippen LogP contribution in [0.4, 0.5) is 0 Å². The normalized spacial score (nSPS) is 27.4. The fourth-order valence-electron chi connectivity index (χ4n) is 4.90. The Hall–Kier alpha value is -2.33. The van der Waals surface area contributed by atoms with Gasteiger partial charge in [0.1, 0.15) is 5.75 Å². The lowest BCUT2D eigenvalue weighted by molar-refractivity contribution is -0.0609. The van der Waals surface area contributed by atoms with Gasteiger partial charge in [0.15, 0.2) is 0 Å². The van der Waals surface area contributed by atoms with Gasteiger partial charge in [-0.1, -0.05) is 37.6 Å². The molecule has 1 saturated carbocycles. The molecule has 3 atom stereocenters. The number of hydrogen-bond donors (Lipinski definition) is 2. The quantitative estimate of drug-likeness (QED) is 0.862.